The van der Waals surface area contributed by atoms with E-state index in [1.165, 1.54) is 12.5 Å². The summed E-state index contributed by atoms with van der Waals surface area (Å²) < 4.78 is 0. The third kappa shape index (κ3) is 7.11. The maximum atomic E-state index is 11.9. The molecule has 2 amide bonds. The van der Waals surface area contributed by atoms with E-state index in [0.29, 0.717) is 19.6 Å². The minimum Gasteiger partial charge on any atom is -0.347 e. The van der Waals surface area contributed by atoms with Gasteiger partial charge in [-0.15, -0.1) is 12.4 Å². The summed E-state index contributed by atoms with van der Waals surface area (Å²) >= 11 is 0. The number of rotatable bonds is 7. The molecular formula is C14H22ClN3O2. The molecule has 0 aliphatic carbocycles. The molecular weight excluding hydrogens is 278 g/mol. The molecule has 0 aliphatic heterocycles. The molecule has 0 fully saturated rings. The fourth-order valence-electron chi connectivity index (χ4n) is 1.74. The van der Waals surface area contributed by atoms with Crippen LogP contribution in [0.15, 0.2) is 30.3 Å². The second kappa shape index (κ2) is 10.2. The predicted molar refractivity (Wildman–Crippen MR) is 81.7 cm³/mol. The van der Waals surface area contributed by atoms with Gasteiger partial charge in [-0.3, -0.25) is 9.59 Å². The predicted octanol–water partition coefficient (Wildman–Crippen LogP) is 0.574. The molecule has 6 heteroatoms. The number of carbonyl (C=O) groups is 2. The molecule has 20 heavy (non-hydrogen) atoms. The van der Waals surface area contributed by atoms with Crippen molar-refractivity contribution in [2.45, 2.75) is 13.3 Å². The van der Waals surface area contributed by atoms with E-state index in [2.05, 4.69) is 5.32 Å². The Hall–Kier alpha value is -1.59. The minimum absolute atomic E-state index is 0. The zero-order valence-electron chi connectivity index (χ0n) is 11.7. The van der Waals surface area contributed by atoms with Crippen LogP contribution in [0.2, 0.25) is 0 Å². The number of hydrogen-bond donors (Lipinski definition) is 2. The number of carbonyl (C=O) groups excluding carboxylic acids is 2. The van der Waals surface area contributed by atoms with Crippen molar-refractivity contribution in [1.29, 1.82) is 0 Å². The number of hydrogen-bond acceptors (Lipinski definition) is 3. The summed E-state index contributed by atoms with van der Waals surface area (Å²) in [6, 6.07) is 9.96. The van der Waals surface area contributed by atoms with Gasteiger partial charge >= 0.3 is 0 Å². The highest BCUT2D eigenvalue weighted by molar-refractivity contribution is 5.85. The minimum atomic E-state index is -0.205. The van der Waals surface area contributed by atoms with Crippen molar-refractivity contribution in [1.82, 2.24) is 10.2 Å². The number of nitrogens with one attached hydrogen (secondary N) is 1. The Kier molecular flexibility index (Phi) is 9.41. The summed E-state index contributed by atoms with van der Waals surface area (Å²) in [4.78, 5) is 24.4. The van der Waals surface area contributed by atoms with Crippen LogP contribution in [0.25, 0.3) is 0 Å². The fraction of sp³-hybridized carbons (Fsp3) is 0.429. The number of nitrogens with zero attached hydrogens (tertiary/aromatic N) is 1. The van der Waals surface area contributed by atoms with Crippen molar-refractivity contribution in [3.05, 3.63) is 35.9 Å². The third-order valence-corrected chi connectivity index (χ3v) is 2.75. The monoisotopic (exact) mass is 299 g/mol. The average molecular weight is 300 g/mol. The lowest BCUT2D eigenvalue weighted by atomic mass is 10.1. The third-order valence-electron chi connectivity index (χ3n) is 2.75. The van der Waals surface area contributed by atoms with E-state index >= 15 is 0 Å². The van der Waals surface area contributed by atoms with Crippen LogP contribution in [0.3, 0.4) is 0 Å². The zero-order chi connectivity index (χ0) is 14.1. The van der Waals surface area contributed by atoms with E-state index in [1.54, 1.807) is 4.90 Å². The Morgan fingerprint density at radius 2 is 1.85 bits per heavy atom. The zero-order valence-corrected chi connectivity index (χ0v) is 12.5. The first kappa shape index (κ1) is 18.4. The Labute approximate surface area is 125 Å². The smallest absolute Gasteiger partial charge is 0.242 e. The number of nitrogens with two attached hydrogens (primary N) is 1. The van der Waals surface area contributed by atoms with E-state index in [0.717, 1.165) is 6.42 Å². The van der Waals surface area contributed by atoms with Crippen molar-refractivity contribution in [2.75, 3.05) is 26.2 Å². The first-order valence-electron chi connectivity index (χ1n) is 6.39. The standard InChI is InChI=1S/C14H21N3O2.ClH/c1-12(18)16-11-14(19)17(10-8-15)9-7-13-5-3-2-4-6-13;/h2-6H,7-11,15H2,1H3,(H,16,18);1H. The highest BCUT2D eigenvalue weighted by atomic mass is 35.5. The summed E-state index contributed by atoms with van der Waals surface area (Å²) in [6.07, 6.45) is 0.784. The van der Waals surface area contributed by atoms with Gasteiger partial charge in [0.1, 0.15) is 0 Å². The van der Waals surface area contributed by atoms with Crippen molar-refractivity contribution in [2.24, 2.45) is 5.73 Å². The van der Waals surface area contributed by atoms with E-state index in [1.807, 2.05) is 30.3 Å². The Bertz CT molecular complexity index is 412. The van der Waals surface area contributed by atoms with Crippen LogP contribution < -0.4 is 11.1 Å². The van der Waals surface area contributed by atoms with Crippen molar-refractivity contribution < 1.29 is 9.59 Å². The van der Waals surface area contributed by atoms with Gasteiger partial charge in [-0.1, -0.05) is 30.3 Å². The van der Waals surface area contributed by atoms with Gasteiger partial charge in [0.15, 0.2) is 0 Å². The summed E-state index contributed by atoms with van der Waals surface area (Å²) in [7, 11) is 0. The quantitative estimate of drug-likeness (QED) is 0.773. The topological polar surface area (TPSA) is 75.4 Å². The van der Waals surface area contributed by atoms with Gasteiger partial charge in [0.25, 0.3) is 0 Å². The van der Waals surface area contributed by atoms with Crippen LogP contribution in [0, 0.1) is 0 Å². The molecule has 0 spiro atoms. The summed E-state index contributed by atoms with van der Waals surface area (Å²) in [5.41, 5.74) is 6.69. The average Bonchev–Trinajstić information content (AvgIpc) is 2.42. The van der Waals surface area contributed by atoms with E-state index in [-0.39, 0.29) is 30.8 Å². The molecule has 0 atom stereocenters. The van der Waals surface area contributed by atoms with Gasteiger partial charge in [0.2, 0.25) is 11.8 Å². The molecule has 0 unspecified atom stereocenters. The van der Waals surface area contributed by atoms with Crippen molar-refractivity contribution >= 4 is 24.2 Å². The van der Waals surface area contributed by atoms with Crippen LogP contribution in [-0.2, 0) is 16.0 Å². The SMILES string of the molecule is CC(=O)NCC(=O)N(CCN)CCc1ccccc1.Cl. The maximum absolute atomic E-state index is 11.9. The lowest BCUT2D eigenvalue weighted by Gasteiger charge is -2.22. The molecule has 0 bridgehead atoms. The molecule has 1 aromatic carbocycles. The van der Waals surface area contributed by atoms with Crippen molar-refractivity contribution in [3.63, 3.8) is 0 Å². The first-order chi connectivity index (χ1) is 9.13. The summed E-state index contributed by atoms with van der Waals surface area (Å²) in [5, 5.41) is 2.51. The normalized spacial score (nSPS) is 9.50. The Balaban J connectivity index is 0.00000361. The molecule has 3 N–H and O–H groups in total. The molecule has 1 rings (SSSR count). The highest BCUT2D eigenvalue weighted by Gasteiger charge is 2.12. The molecule has 0 aromatic heterocycles. The van der Waals surface area contributed by atoms with Crippen LogP contribution in [0.4, 0.5) is 0 Å². The maximum Gasteiger partial charge on any atom is 0.242 e. The van der Waals surface area contributed by atoms with E-state index in [4.69, 9.17) is 5.73 Å². The second-order valence-corrected chi connectivity index (χ2v) is 4.31. The summed E-state index contributed by atoms with van der Waals surface area (Å²) in [5.74, 6) is -0.305. The number of halogens is 1. The van der Waals surface area contributed by atoms with Crippen molar-refractivity contribution in [3.8, 4) is 0 Å². The molecule has 0 aliphatic rings. The number of benzene rings is 1. The first-order valence-corrected chi connectivity index (χ1v) is 6.39. The second-order valence-electron chi connectivity index (χ2n) is 4.31. The van der Waals surface area contributed by atoms with Crippen LogP contribution in [0.5, 0.6) is 0 Å². The van der Waals surface area contributed by atoms with Gasteiger partial charge in [0, 0.05) is 26.6 Å². The molecule has 0 radical (unpaired) electrons. The largest absolute Gasteiger partial charge is 0.347 e. The lowest BCUT2D eigenvalue weighted by molar-refractivity contribution is -0.132. The molecule has 1 aromatic rings. The Morgan fingerprint density at radius 3 is 2.40 bits per heavy atom. The van der Waals surface area contributed by atoms with Gasteiger partial charge in [-0.25, -0.2) is 0 Å². The van der Waals surface area contributed by atoms with Crippen LogP contribution >= 0.6 is 12.4 Å². The van der Waals surface area contributed by atoms with Crippen LogP contribution in [-0.4, -0.2) is 42.9 Å². The fourth-order valence-corrected chi connectivity index (χ4v) is 1.74. The Morgan fingerprint density at radius 1 is 1.20 bits per heavy atom. The highest BCUT2D eigenvalue weighted by Crippen LogP contribution is 2.01. The van der Waals surface area contributed by atoms with E-state index < -0.39 is 0 Å². The summed E-state index contributed by atoms with van der Waals surface area (Å²) in [6.45, 7) is 2.96. The van der Waals surface area contributed by atoms with Gasteiger partial charge in [-0.2, -0.15) is 0 Å². The molecule has 0 heterocycles. The van der Waals surface area contributed by atoms with Gasteiger partial charge < -0.3 is 16.0 Å². The molecule has 112 valence electrons. The molecule has 5 nitrogen and oxygen atoms in total. The van der Waals surface area contributed by atoms with Crippen LogP contribution in [0.1, 0.15) is 12.5 Å². The van der Waals surface area contributed by atoms with Gasteiger partial charge in [0.05, 0.1) is 6.54 Å². The lowest BCUT2D eigenvalue weighted by Crippen LogP contribution is -2.42. The van der Waals surface area contributed by atoms with E-state index in [9.17, 15) is 9.59 Å². The van der Waals surface area contributed by atoms with Gasteiger partial charge in [-0.05, 0) is 12.0 Å². The molecule has 0 saturated carbocycles. The number of amides is 2. The molecule has 0 saturated heterocycles.